The number of ether oxygens (including phenoxy) is 1. The minimum Gasteiger partial charge on any atom is -0.502 e. The summed E-state index contributed by atoms with van der Waals surface area (Å²) in [5, 5.41) is 23.1. The summed E-state index contributed by atoms with van der Waals surface area (Å²) in [5.74, 6) is -0.881. The molecule has 0 aliphatic heterocycles. The van der Waals surface area contributed by atoms with Crippen LogP contribution in [0.4, 0.5) is 5.69 Å². The number of amides is 1. The molecule has 21 heavy (non-hydrogen) atoms. The third-order valence-electron chi connectivity index (χ3n) is 3.76. The van der Waals surface area contributed by atoms with Gasteiger partial charge in [0, 0.05) is 18.7 Å². The summed E-state index contributed by atoms with van der Waals surface area (Å²) in [6, 6.07) is 3.49. The Hall–Kier alpha value is -2.15. The zero-order valence-corrected chi connectivity index (χ0v) is 11.7. The molecule has 7 nitrogen and oxygen atoms in total. The fraction of sp³-hybridized carbons (Fsp3) is 0.500. The topological polar surface area (TPSA) is 102 Å². The lowest BCUT2D eigenvalue weighted by atomic mass is 9.92. The van der Waals surface area contributed by atoms with Crippen molar-refractivity contribution in [2.24, 2.45) is 0 Å². The molecule has 0 spiro atoms. The molecule has 2 atom stereocenters. The molecule has 0 heterocycles. The molecule has 1 saturated carbocycles. The number of carbonyl (C=O) groups is 1. The Balaban J connectivity index is 2.09. The number of hydrogen-bond acceptors (Lipinski definition) is 5. The quantitative estimate of drug-likeness (QED) is 0.653. The number of phenols is 1. The second kappa shape index (κ2) is 6.53. The van der Waals surface area contributed by atoms with E-state index in [1.54, 1.807) is 7.11 Å². The van der Waals surface area contributed by atoms with Gasteiger partial charge in [0.1, 0.15) is 0 Å². The van der Waals surface area contributed by atoms with E-state index in [1.807, 2.05) is 0 Å². The van der Waals surface area contributed by atoms with Crippen molar-refractivity contribution in [1.29, 1.82) is 0 Å². The number of nitrogens with zero attached hydrogens (tertiary/aromatic N) is 1. The second-order valence-electron chi connectivity index (χ2n) is 5.10. The maximum Gasteiger partial charge on any atom is 0.310 e. The lowest BCUT2D eigenvalue weighted by Gasteiger charge is -2.31. The van der Waals surface area contributed by atoms with Crippen molar-refractivity contribution in [3.05, 3.63) is 33.9 Å². The Kier molecular flexibility index (Phi) is 4.74. The summed E-state index contributed by atoms with van der Waals surface area (Å²) >= 11 is 0. The maximum atomic E-state index is 12.2. The number of hydrogen-bond donors (Lipinski definition) is 2. The number of phenolic OH excluding ortho intramolecular Hbond substituents is 1. The lowest BCUT2D eigenvalue weighted by molar-refractivity contribution is -0.385. The monoisotopic (exact) mass is 294 g/mol. The minimum absolute atomic E-state index is 0.0191. The molecule has 0 radical (unpaired) electrons. The highest BCUT2D eigenvalue weighted by atomic mass is 16.6. The van der Waals surface area contributed by atoms with Gasteiger partial charge in [0.25, 0.3) is 5.91 Å². The van der Waals surface area contributed by atoms with Crippen LogP contribution in [-0.2, 0) is 4.74 Å². The molecule has 2 unspecified atom stereocenters. The molecule has 2 N–H and O–H groups in total. The van der Waals surface area contributed by atoms with E-state index in [-0.39, 0.29) is 23.6 Å². The first-order valence-corrected chi connectivity index (χ1v) is 6.84. The van der Waals surface area contributed by atoms with Gasteiger partial charge in [-0.15, -0.1) is 0 Å². The Labute approximate surface area is 122 Å². The molecule has 1 aromatic rings. The molecule has 0 bridgehead atoms. The zero-order valence-electron chi connectivity index (χ0n) is 11.7. The molecule has 0 saturated heterocycles. The average molecular weight is 294 g/mol. The number of aromatic hydroxyl groups is 1. The van der Waals surface area contributed by atoms with Crippen molar-refractivity contribution >= 4 is 11.6 Å². The number of nitro groups is 1. The van der Waals surface area contributed by atoms with Gasteiger partial charge in [-0.2, -0.15) is 0 Å². The molecule has 1 aliphatic carbocycles. The Morgan fingerprint density at radius 3 is 2.76 bits per heavy atom. The normalized spacial score (nSPS) is 21.8. The summed E-state index contributed by atoms with van der Waals surface area (Å²) in [7, 11) is 1.62. The van der Waals surface area contributed by atoms with Crippen molar-refractivity contribution in [1.82, 2.24) is 5.32 Å². The highest BCUT2D eigenvalue weighted by molar-refractivity contribution is 5.95. The number of rotatable bonds is 4. The van der Waals surface area contributed by atoms with Crippen LogP contribution in [0.1, 0.15) is 36.0 Å². The van der Waals surface area contributed by atoms with Crippen LogP contribution in [-0.4, -0.2) is 35.2 Å². The lowest BCUT2D eigenvalue weighted by Crippen LogP contribution is -2.45. The summed E-state index contributed by atoms with van der Waals surface area (Å²) in [5.41, 5.74) is -0.225. The van der Waals surface area contributed by atoms with E-state index in [1.165, 1.54) is 6.07 Å². The van der Waals surface area contributed by atoms with Crippen LogP contribution in [0.15, 0.2) is 18.2 Å². The number of carbonyl (C=O) groups excluding carboxylic acids is 1. The van der Waals surface area contributed by atoms with Gasteiger partial charge in [0.05, 0.1) is 17.1 Å². The molecule has 1 amide bonds. The molecular weight excluding hydrogens is 276 g/mol. The van der Waals surface area contributed by atoms with Gasteiger partial charge in [0.15, 0.2) is 5.75 Å². The Morgan fingerprint density at radius 2 is 2.14 bits per heavy atom. The fourth-order valence-corrected chi connectivity index (χ4v) is 2.61. The molecule has 114 valence electrons. The average Bonchev–Trinajstić information content (AvgIpc) is 2.47. The first-order chi connectivity index (χ1) is 10.0. The number of nitrogens with one attached hydrogen (secondary N) is 1. The molecular formula is C14H18N2O5. The van der Waals surface area contributed by atoms with Crippen LogP contribution in [0, 0.1) is 10.1 Å². The molecule has 2 rings (SSSR count). The van der Waals surface area contributed by atoms with Crippen LogP contribution < -0.4 is 5.32 Å². The summed E-state index contributed by atoms with van der Waals surface area (Å²) in [6.07, 6.45) is 3.81. The summed E-state index contributed by atoms with van der Waals surface area (Å²) in [4.78, 5) is 22.1. The highest BCUT2D eigenvalue weighted by Crippen LogP contribution is 2.27. The van der Waals surface area contributed by atoms with E-state index in [0.29, 0.717) is 0 Å². The third-order valence-corrected chi connectivity index (χ3v) is 3.76. The molecule has 1 fully saturated rings. The van der Waals surface area contributed by atoms with Crippen LogP contribution >= 0.6 is 0 Å². The molecule has 0 aromatic heterocycles. The van der Waals surface area contributed by atoms with Crippen LogP contribution in [0.2, 0.25) is 0 Å². The van der Waals surface area contributed by atoms with Crippen LogP contribution in [0.3, 0.4) is 0 Å². The molecule has 1 aromatic carbocycles. The van der Waals surface area contributed by atoms with E-state index in [4.69, 9.17) is 4.74 Å². The zero-order chi connectivity index (χ0) is 15.4. The minimum atomic E-state index is -0.695. The maximum absolute atomic E-state index is 12.2. The van der Waals surface area contributed by atoms with Gasteiger partial charge in [0.2, 0.25) is 0 Å². The Bertz CT molecular complexity index is 546. The largest absolute Gasteiger partial charge is 0.502 e. The first kappa shape index (κ1) is 15.2. The summed E-state index contributed by atoms with van der Waals surface area (Å²) < 4.78 is 5.36. The number of nitro benzene ring substituents is 1. The Morgan fingerprint density at radius 1 is 1.43 bits per heavy atom. The number of methoxy groups -OCH3 is 1. The van der Waals surface area contributed by atoms with Crippen molar-refractivity contribution < 1.29 is 19.6 Å². The number of benzene rings is 1. The van der Waals surface area contributed by atoms with E-state index in [0.717, 1.165) is 37.8 Å². The third kappa shape index (κ3) is 3.49. The predicted octanol–water partition coefficient (Wildman–Crippen LogP) is 1.99. The first-order valence-electron chi connectivity index (χ1n) is 6.84. The highest BCUT2D eigenvalue weighted by Gasteiger charge is 2.27. The van der Waals surface area contributed by atoms with E-state index in [9.17, 15) is 20.0 Å². The van der Waals surface area contributed by atoms with Crippen molar-refractivity contribution in [2.75, 3.05) is 7.11 Å². The van der Waals surface area contributed by atoms with E-state index < -0.39 is 16.4 Å². The van der Waals surface area contributed by atoms with Gasteiger partial charge in [-0.1, -0.05) is 12.8 Å². The summed E-state index contributed by atoms with van der Waals surface area (Å²) in [6.45, 7) is 0. The van der Waals surface area contributed by atoms with E-state index in [2.05, 4.69) is 5.32 Å². The second-order valence-corrected chi connectivity index (χ2v) is 5.10. The van der Waals surface area contributed by atoms with Crippen LogP contribution in [0.25, 0.3) is 0 Å². The molecule has 1 aliphatic rings. The standard InChI is InChI=1S/C14H18N2O5/c1-21-13-5-3-2-4-10(13)15-14(18)9-6-7-11(16(19)20)12(17)8-9/h6-8,10,13,17H,2-5H2,1H3,(H,15,18). The van der Waals surface area contributed by atoms with Crippen molar-refractivity contribution in [3.63, 3.8) is 0 Å². The molecule has 7 heteroatoms. The van der Waals surface area contributed by atoms with Crippen LogP contribution in [0.5, 0.6) is 5.75 Å². The SMILES string of the molecule is COC1CCCCC1NC(=O)c1ccc([N+](=O)[O-])c(O)c1. The van der Waals surface area contributed by atoms with Gasteiger partial charge >= 0.3 is 5.69 Å². The fourth-order valence-electron chi connectivity index (χ4n) is 2.61. The smallest absolute Gasteiger partial charge is 0.310 e. The van der Waals surface area contributed by atoms with Gasteiger partial charge < -0.3 is 15.2 Å². The van der Waals surface area contributed by atoms with E-state index >= 15 is 0 Å². The van der Waals surface area contributed by atoms with Gasteiger partial charge in [-0.25, -0.2) is 0 Å². The predicted molar refractivity (Wildman–Crippen MR) is 75.3 cm³/mol. The van der Waals surface area contributed by atoms with Crippen molar-refractivity contribution in [2.45, 2.75) is 37.8 Å². The van der Waals surface area contributed by atoms with Crippen molar-refractivity contribution in [3.8, 4) is 5.75 Å². The van der Waals surface area contributed by atoms with Gasteiger partial charge in [-0.3, -0.25) is 14.9 Å². The van der Waals surface area contributed by atoms with Gasteiger partial charge in [-0.05, 0) is 25.0 Å².